The van der Waals surface area contributed by atoms with Gasteiger partial charge in [0.15, 0.2) is 0 Å². The van der Waals surface area contributed by atoms with Gasteiger partial charge in [0.1, 0.15) is 18.8 Å². The molecular weight excluding hydrogens is 595 g/mol. The van der Waals surface area contributed by atoms with Crippen molar-refractivity contribution in [2.24, 2.45) is 46.3 Å². The Hall–Kier alpha value is -1.34. The maximum absolute atomic E-state index is 15.9. The molecule has 9 saturated carbocycles. The lowest BCUT2D eigenvalue weighted by Gasteiger charge is -2.69. The van der Waals surface area contributed by atoms with Gasteiger partial charge in [0, 0.05) is 24.2 Å². The molecule has 44 heavy (non-hydrogen) atoms. The summed E-state index contributed by atoms with van der Waals surface area (Å²) < 4.78 is 73.8. The van der Waals surface area contributed by atoms with Crippen molar-refractivity contribution in [2.75, 3.05) is 19.8 Å². The number of hydrogen-bond donors (Lipinski definition) is 2. The average molecular weight is 639 g/mol. The van der Waals surface area contributed by atoms with Crippen molar-refractivity contribution in [3.8, 4) is 0 Å². The summed E-state index contributed by atoms with van der Waals surface area (Å²) in [4.78, 5) is 26.1. The van der Waals surface area contributed by atoms with Crippen molar-refractivity contribution in [1.29, 1.82) is 0 Å². The highest BCUT2D eigenvalue weighted by Crippen LogP contribution is 2.84. The Morgan fingerprint density at radius 1 is 0.955 bits per heavy atom. The number of alkyl halides is 1. The van der Waals surface area contributed by atoms with E-state index in [1.807, 2.05) is 0 Å². The molecule has 0 aromatic heterocycles. The minimum atomic E-state index is -5.38. The first-order valence-corrected chi connectivity index (χ1v) is 18.1. The van der Waals surface area contributed by atoms with E-state index >= 15 is 4.39 Å². The molecule has 12 atom stereocenters. The molecule has 0 aromatic rings. The summed E-state index contributed by atoms with van der Waals surface area (Å²) in [6, 6.07) is 0. The highest BCUT2D eigenvalue weighted by molar-refractivity contribution is 7.87. The van der Waals surface area contributed by atoms with Gasteiger partial charge in [-0.25, -0.2) is 14.0 Å². The van der Waals surface area contributed by atoms with Crippen molar-refractivity contribution in [3.05, 3.63) is 0 Å². The summed E-state index contributed by atoms with van der Waals surface area (Å²) in [5.74, 6) is -0.314. The van der Waals surface area contributed by atoms with E-state index in [0.717, 1.165) is 11.8 Å². The minimum Gasteiger partial charge on any atom is -0.462 e. The molecule has 9 aliphatic carbocycles. The van der Waals surface area contributed by atoms with E-state index in [-0.39, 0.29) is 56.8 Å². The van der Waals surface area contributed by atoms with Crippen molar-refractivity contribution in [3.63, 3.8) is 0 Å². The fraction of sp³-hybridized carbons (Fsp3) is 0.938. The maximum atomic E-state index is 15.9. The van der Waals surface area contributed by atoms with Crippen LogP contribution in [0.5, 0.6) is 0 Å². The van der Waals surface area contributed by atoms with Crippen LogP contribution in [0.25, 0.3) is 0 Å². The Morgan fingerprint density at radius 2 is 1.70 bits per heavy atom. The Balaban J connectivity index is 0.844. The Bertz CT molecular complexity index is 1450. The van der Waals surface area contributed by atoms with Crippen LogP contribution in [0, 0.1) is 46.3 Å². The van der Waals surface area contributed by atoms with Gasteiger partial charge in [-0.15, -0.1) is 0 Å². The summed E-state index contributed by atoms with van der Waals surface area (Å²) in [5, 5.41) is 8.03. The molecule has 244 valence electrons. The molecule has 12 heteroatoms. The standard InChI is InChI=1S/C32H43FO10S/c1-26(22-8-20-7-21-9-23(26)31(20,21)13-22)41-6-5-40-24(34)14-42-30-16-27(10-18-11-28(30,15-27)29(36,12-18)17-30)43-25(35)32(33,44(37,38)39)19-3-2-4-19/h18-23,36H,2-17H2,1H3,(H,37,38,39). The van der Waals surface area contributed by atoms with E-state index in [0.29, 0.717) is 49.5 Å². The van der Waals surface area contributed by atoms with Gasteiger partial charge in [-0.1, -0.05) is 6.42 Å². The summed E-state index contributed by atoms with van der Waals surface area (Å²) in [6.07, 6.45) is 8.08. The van der Waals surface area contributed by atoms with Crippen molar-refractivity contribution < 1.29 is 51.0 Å². The van der Waals surface area contributed by atoms with E-state index in [4.69, 9.17) is 18.9 Å². The Morgan fingerprint density at radius 3 is 2.39 bits per heavy atom. The number of aliphatic hydroxyl groups is 1. The number of hydrogen-bond acceptors (Lipinski definition) is 9. The highest BCUT2D eigenvalue weighted by atomic mass is 32.2. The zero-order valence-electron chi connectivity index (χ0n) is 25.2. The molecule has 9 fully saturated rings. The van der Waals surface area contributed by atoms with Gasteiger partial charge in [0.05, 0.1) is 23.4 Å². The number of carbonyl (C=O) groups is 2. The first kappa shape index (κ1) is 28.8. The van der Waals surface area contributed by atoms with Gasteiger partial charge in [-0.2, -0.15) is 8.42 Å². The van der Waals surface area contributed by atoms with Crippen LogP contribution in [0.15, 0.2) is 0 Å². The average Bonchev–Trinajstić information content (AvgIpc) is 3.48. The van der Waals surface area contributed by atoms with Crippen molar-refractivity contribution in [2.45, 2.75) is 118 Å². The second-order valence-electron chi connectivity index (χ2n) is 16.6. The molecule has 0 heterocycles. The molecule has 2 N–H and O–H groups in total. The maximum Gasteiger partial charge on any atom is 0.363 e. The second-order valence-corrected chi connectivity index (χ2v) is 18.2. The summed E-state index contributed by atoms with van der Waals surface area (Å²) in [5.41, 5.74) is -3.67. The van der Waals surface area contributed by atoms with Gasteiger partial charge in [-0.05, 0) is 106 Å². The highest BCUT2D eigenvalue weighted by Gasteiger charge is 2.86. The van der Waals surface area contributed by atoms with Crippen LogP contribution < -0.4 is 0 Å². The summed E-state index contributed by atoms with van der Waals surface area (Å²) in [6.45, 7) is 2.35. The number of rotatable bonds is 11. The fourth-order valence-corrected chi connectivity index (χ4v) is 14.4. The van der Waals surface area contributed by atoms with Gasteiger partial charge in [0.2, 0.25) is 0 Å². The van der Waals surface area contributed by atoms with Crippen LogP contribution >= 0.6 is 0 Å². The third-order valence-electron chi connectivity index (χ3n) is 15.2. The van der Waals surface area contributed by atoms with Gasteiger partial charge in [0.25, 0.3) is 0 Å². The van der Waals surface area contributed by atoms with Crippen LogP contribution in [0.3, 0.4) is 0 Å². The molecular formula is C32H43FO10S. The van der Waals surface area contributed by atoms with Gasteiger partial charge in [-0.3, -0.25) is 4.55 Å². The molecule has 2 spiro atoms. The SMILES string of the molecule is CC1(OCCOC(=O)COC23CC4(OC(=O)C(F)(C5CCC5)S(=O)(=O)O)CC5CC(O)(C2)C3(C5)C4)C2CC3CC4CC1C34C2. The van der Waals surface area contributed by atoms with E-state index in [9.17, 15) is 27.7 Å². The monoisotopic (exact) mass is 638 g/mol. The normalized spacial score (nSPS) is 53.0. The molecule has 0 radical (unpaired) electrons. The fourth-order valence-electron chi connectivity index (χ4n) is 13.5. The van der Waals surface area contributed by atoms with Crippen molar-refractivity contribution in [1.82, 2.24) is 0 Å². The van der Waals surface area contributed by atoms with Crippen molar-refractivity contribution >= 4 is 22.1 Å². The van der Waals surface area contributed by atoms with E-state index in [1.165, 1.54) is 25.7 Å². The molecule has 9 aliphatic rings. The smallest absolute Gasteiger partial charge is 0.363 e. The van der Waals surface area contributed by atoms with E-state index < -0.39 is 55.2 Å². The molecule has 5 bridgehead atoms. The summed E-state index contributed by atoms with van der Waals surface area (Å²) in [7, 11) is -5.38. The topological polar surface area (TPSA) is 146 Å². The molecule has 0 amide bonds. The van der Waals surface area contributed by atoms with E-state index in [2.05, 4.69) is 6.92 Å². The molecule has 9 rings (SSSR count). The first-order valence-electron chi connectivity index (χ1n) is 16.7. The Kier molecular flexibility index (Phi) is 5.49. The lowest BCUT2D eigenvalue weighted by molar-refractivity contribution is -0.289. The molecule has 12 unspecified atom stereocenters. The lowest BCUT2D eigenvalue weighted by atomic mass is 9.36. The van der Waals surface area contributed by atoms with Crippen LogP contribution in [0.4, 0.5) is 4.39 Å². The third kappa shape index (κ3) is 3.14. The van der Waals surface area contributed by atoms with Crippen LogP contribution in [-0.2, 0) is 38.7 Å². The largest absolute Gasteiger partial charge is 0.462 e. The number of halogens is 1. The molecule has 10 nitrogen and oxygen atoms in total. The van der Waals surface area contributed by atoms with Crippen LogP contribution in [-0.4, -0.2) is 77.2 Å². The van der Waals surface area contributed by atoms with Crippen LogP contribution in [0.1, 0.15) is 90.4 Å². The van der Waals surface area contributed by atoms with Gasteiger partial charge < -0.3 is 24.1 Å². The zero-order valence-corrected chi connectivity index (χ0v) is 26.0. The zero-order chi connectivity index (χ0) is 30.8. The number of fused-ring (bicyclic) bond motifs is 3. The molecule has 0 aromatic carbocycles. The second kappa shape index (κ2) is 8.38. The quantitative estimate of drug-likeness (QED) is 0.196. The van der Waals surface area contributed by atoms with Gasteiger partial charge >= 0.3 is 27.1 Å². The molecule has 0 saturated heterocycles. The Labute approximate surface area is 256 Å². The summed E-state index contributed by atoms with van der Waals surface area (Å²) >= 11 is 0. The number of ether oxygens (including phenoxy) is 4. The lowest BCUT2D eigenvalue weighted by Crippen LogP contribution is -2.70. The third-order valence-corrected chi connectivity index (χ3v) is 16.5. The minimum absolute atomic E-state index is 0.0185. The van der Waals surface area contributed by atoms with Crippen LogP contribution in [0.2, 0.25) is 0 Å². The predicted molar refractivity (Wildman–Crippen MR) is 149 cm³/mol. The predicted octanol–water partition coefficient (Wildman–Crippen LogP) is 3.49. The number of carbonyl (C=O) groups excluding carboxylic acids is 2. The number of esters is 2. The van der Waals surface area contributed by atoms with E-state index in [1.54, 1.807) is 0 Å². The molecule has 0 aliphatic heterocycles. The first-order chi connectivity index (χ1) is 20.6.